The molecule has 0 bridgehead atoms. The average molecular weight is 362 g/mol. The zero-order chi connectivity index (χ0) is 17.8. The van der Waals surface area contributed by atoms with E-state index >= 15 is 0 Å². The lowest BCUT2D eigenvalue weighted by Crippen LogP contribution is -2.32. The zero-order valence-corrected chi connectivity index (χ0v) is 15.5. The van der Waals surface area contributed by atoms with Gasteiger partial charge in [-0.2, -0.15) is 5.10 Å². The smallest absolute Gasteiger partial charge is 0.255 e. The largest absolute Gasteiger partial charge is 0.376 e. The molecule has 6 heteroatoms. The minimum atomic E-state index is -0.0882. The molecule has 5 nitrogen and oxygen atoms in total. The summed E-state index contributed by atoms with van der Waals surface area (Å²) >= 11 is 6.32. The van der Waals surface area contributed by atoms with Gasteiger partial charge < -0.3 is 10.1 Å². The van der Waals surface area contributed by atoms with Crippen molar-refractivity contribution in [2.75, 3.05) is 13.2 Å². The van der Waals surface area contributed by atoms with Crippen LogP contribution in [-0.2, 0) is 11.2 Å². The fourth-order valence-corrected chi connectivity index (χ4v) is 3.44. The van der Waals surface area contributed by atoms with Crippen molar-refractivity contribution in [3.05, 3.63) is 46.2 Å². The Bertz CT molecular complexity index is 751. The van der Waals surface area contributed by atoms with E-state index in [1.54, 1.807) is 4.68 Å². The molecule has 2 aromatic rings. The van der Waals surface area contributed by atoms with Gasteiger partial charge in [0.25, 0.3) is 5.91 Å². The molecule has 1 unspecified atom stereocenters. The van der Waals surface area contributed by atoms with Gasteiger partial charge >= 0.3 is 0 Å². The Labute approximate surface area is 153 Å². The predicted octanol–water partition coefficient (Wildman–Crippen LogP) is 3.70. The Morgan fingerprint density at radius 1 is 1.44 bits per heavy atom. The van der Waals surface area contributed by atoms with Gasteiger partial charge in [-0.05, 0) is 38.3 Å². The number of halogens is 1. The maximum atomic E-state index is 12.8. The number of ether oxygens (including phenoxy) is 1. The highest BCUT2D eigenvalue weighted by Crippen LogP contribution is 2.25. The molecule has 2 heterocycles. The van der Waals surface area contributed by atoms with Gasteiger partial charge in [0.2, 0.25) is 0 Å². The molecule has 1 aliphatic rings. The van der Waals surface area contributed by atoms with Crippen molar-refractivity contribution in [3.63, 3.8) is 0 Å². The second-order valence-corrected chi connectivity index (χ2v) is 6.77. The van der Waals surface area contributed by atoms with Gasteiger partial charge in [-0.15, -0.1) is 0 Å². The van der Waals surface area contributed by atoms with Crippen molar-refractivity contribution in [2.45, 2.75) is 45.6 Å². The second-order valence-electron chi connectivity index (χ2n) is 6.37. The van der Waals surface area contributed by atoms with Crippen molar-refractivity contribution >= 4 is 17.5 Å². The van der Waals surface area contributed by atoms with Crippen LogP contribution in [0.25, 0.3) is 5.69 Å². The number of benzene rings is 1. The van der Waals surface area contributed by atoms with Crippen LogP contribution in [0, 0.1) is 6.92 Å². The van der Waals surface area contributed by atoms with Crippen molar-refractivity contribution in [1.29, 1.82) is 0 Å². The Kier molecular flexibility index (Phi) is 5.76. The summed E-state index contributed by atoms with van der Waals surface area (Å²) in [5.74, 6) is -0.0882. The number of carbonyl (C=O) groups is 1. The molecule has 1 saturated heterocycles. The number of carbonyl (C=O) groups excluding carboxylic acids is 1. The molecule has 25 heavy (non-hydrogen) atoms. The standard InChI is InChI=1S/C19H24ClN3O2/c1-3-7-16-18(19(24)21-12-14-8-6-11-25-14)13(2)23(22-16)17-10-5-4-9-15(17)20/h4-5,9-10,14H,3,6-8,11-12H2,1-2H3,(H,21,24). The number of aromatic nitrogens is 2. The molecule has 0 radical (unpaired) electrons. The molecule has 1 fully saturated rings. The summed E-state index contributed by atoms with van der Waals surface area (Å²) in [5, 5.41) is 8.29. The van der Waals surface area contributed by atoms with E-state index in [4.69, 9.17) is 16.3 Å². The molecule has 3 rings (SSSR count). The second kappa shape index (κ2) is 8.02. The van der Waals surface area contributed by atoms with Crippen molar-refractivity contribution in [2.24, 2.45) is 0 Å². The normalized spacial score (nSPS) is 17.0. The topological polar surface area (TPSA) is 56.2 Å². The first-order chi connectivity index (χ1) is 12.1. The molecule has 1 aromatic heterocycles. The van der Waals surface area contributed by atoms with Crippen molar-refractivity contribution < 1.29 is 9.53 Å². The number of rotatable bonds is 6. The van der Waals surface area contributed by atoms with Crippen LogP contribution in [0.2, 0.25) is 5.02 Å². The van der Waals surface area contributed by atoms with Crippen LogP contribution in [0.1, 0.15) is 47.9 Å². The van der Waals surface area contributed by atoms with E-state index in [0.29, 0.717) is 17.1 Å². The summed E-state index contributed by atoms with van der Waals surface area (Å²) in [6, 6.07) is 7.53. The minimum Gasteiger partial charge on any atom is -0.376 e. The van der Waals surface area contributed by atoms with Gasteiger partial charge in [0, 0.05) is 13.2 Å². The Hall–Kier alpha value is -1.85. The monoisotopic (exact) mass is 361 g/mol. The third kappa shape index (κ3) is 3.88. The number of nitrogens with zero attached hydrogens (tertiary/aromatic N) is 2. The van der Waals surface area contributed by atoms with Gasteiger partial charge in [-0.1, -0.05) is 37.1 Å². The summed E-state index contributed by atoms with van der Waals surface area (Å²) in [5.41, 5.74) is 3.06. The molecule has 1 atom stereocenters. The maximum Gasteiger partial charge on any atom is 0.255 e. The highest BCUT2D eigenvalue weighted by Gasteiger charge is 2.23. The summed E-state index contributed by atoms with van der Waals surface area (Å²) < 4.78 is 7.36. The first kappa shape index (κ1) is 18.0. The van der Waals surface area contributed by atoms with Gasteiger partial charge in [0.1, 0.15) is 0 Å². The lowest BCUT2D eigenvalue weighted by Gasteiger charge is -2.11. The highest BCUT2D eigenvalue weighted by molar-refractivity contribution is 6.32. The van der Waals surface area contributed by atoms with Crippen LogP contribution in [0.3, 0.4) is 0 Å². The van der Waals surface area contributed by atoms with E-state index in [0.717, 1.165) is 49.4 Å². The van der Waals surface area contributed by atoms with Gasteiger partial charge in [-0.3, -0.25) is 4.79 Å². The molecule has 1 N–H and O–H groups in total. The van der Waals surface area contributed by atoms with E-state index in [1.807, 2.05) is 31.2 Å². The molecule has 1 amide bonds. The summed E-state index contributed by atoms with van der Waals surface area (Å²) in [6.45, 7) is 5.32. The Morgan fingerprint density at radius 3 is 2.92 bits per heavy atom. The number of para-hydroxylation sites is 1. The Balaban J connectivity index is 1.89. The number of amides is 1. The van der Waals surface area contributed by atoms with E-state index in [1.165, 1.54) is 0 Å². The SMILES string of the molecule is CCCc1nn(-c2ccccc2Cl)c(C)c1C(=O)NCC1CCCO1. The molecule has 0 saturated carbocycles. The number of nitrogens with one attached hydrogen (secondary N) is 1. The minimum absolute atomic E-state index is 0.0882. The van der Waals surface area contributed by atoms with Gasteiger partial charge in [0.05, 0.1) is 33.8 Å². The first-order valence-electron chi connectivity index (χ1n) is 8.85. The summed E-state index contributed by atoms with van der Waals surface area (Å²) in [6.07, 6.45) is 3.86. The molecular formula is C19H24ClN3O2. The lowest BCUT2D eigenvalue weighted by molar-refractivity contribution is 0.0856. The zero-order valence-electron chi connectivity index (χ0n) is 14.7. The van der Waals surface area contributed by atoms with Crippen molar-refractivity contribution in [3.8, 4) is 5.69 Å². The van der Waals surface area contributed by atoms with Crippen LogP contribution in [0.15, 0.2) is 24.3 Å². The highest BCUT2D eigenvalue weighted by atomic mass is 35.5. The fourth-order valence-electron chi connectivity index (χ4n) is 3.23. The van der Waals surface area contributed by atoms with Crippen LogP contribution in [-0.4, -0.2) is 34.9 Å². The van der Waals surface area contributed by atoms with E-state index in [-0.39, 0.29) is 12.0 Å². The number of hydrogen-bond acceptors (Lipinski definition) is 3. The molecule has 0 spiro atoms. The van der Waals surface area contributed by atoms with Crippen LogP contribution < -0.4 is 5.32 Å². The molecule has 134 valence electrons. The van der Waals surface area contributed by atoms with E-state index in [9.17, 15) is 4.79 Å². The quantitative estimate of drug-likeness (QED) is 0.853. The third-order valence-electron chi connectivity index (χ3n) is 4.50. The predicted molar refractivity (Wildman–Crippen MR) is 98.6 cm³/mol. The average Bonchev–Trinajstić information content (AvgIpc) is 3.22. The molecular weight excluding hydrogens is 338 g/mol. The van der Waals surface area contributed by atoms with Crippen LogP contribution >= 0.6 is 11.6 Å². The molecule has 0 aliphatic carbocycles. The van der Waals surface area contributed by atoms with E-state index < -0.39 is 0 Å². The molecule has 1 aromatic carbocycles. The van der Waals surface area contributed by atoms with Gasteiger partial charge in [0.15, 0.2) is 0 Å². The summed E-state index contributed by atoms with van der Waals surface area (Å²) in [7, 11) is 0. The summed E-state index contributed by atoms with van der Waals surface area (Å²) in [4.78, 5) is 12.8. The number of aryl methyl sites for hydroxylation is 1. The fraction of sp³-hybridized carbons (Fsp3) is 0.474. The Morgan fingerprint density at radius 2 is 2.24 bits per heavy atom. The third-order valence-corrected chi connectivity index (χ3v) is 4.82. The van der Waals surface area contributed by atoms with Crippen molar-refractivity contribution in [1.82, 2.24) is 15.1 Å². The van der Waals surface area contributed by atoms with Gasteiger partial charge in [-0.25, -0.2) is 4.68 Å². The maximum absolute atomic E-state index is 12.8. The van der Waals surface area contributed by atoms with E-state index in [2.05, 4.69) is 17.3 Å². The molecule has 1 aliphatic heterocycles. The van der Waals surface area contributed by atoms with Crippen LogP contribution in [0.4, 0.5) is 0 Å². The van der Waals surface area contributed by atoms with Crippen LogP contribution in [0.5, 0.6) is 0 Å². The lowest BCUT2D eigenvalue weighted by atomic mass is 10.1. The first-order valence-corrected chi connectivity index (χ1v) is 9.22. The number of hydrogen-bond donors (Lipinski definition) is 1.